The van der Waals surface area contributed by atoms with Crippen molar-refractivity contribution in [3.05, 3.63) is 52.1 Å². The lowest BCUT2D eigenvalue weighted by atomic mass is 9.76. The fraction of sp³-hybridized carbons (Fsp3) is 0.364. The summed E-state index contributed by atoms with van der Waals surface area (Å²) in [7, 11) is 0. The van der Waals surface area contributed by atoms with Crippen molar-refractivity contribution in [1.29, 1.82) is 10.5 Å². The highest BCUT2D eigenvalue weighted by Crippen LogP contribution is 2.41. The number of nitrogens with two attached hydrogens (primary N) is 1. The highest BCUT2D eigenvalue weighted by Gasteiger charge is 2.27. The minimum absolute atomic E-state index is 0.334. The number of hydrogen-bond donors (Lipinski definition) is 1. The van der Waals surface area contributed by atoms with E-state index in [1.165, 1.54) is 5.56 Å². The Morgan fingerprint density at radius 1 is 1.04 bits per heavy atom. The van der Waals surface area contributed by atoms with E-state index in [-0.39, 0.29) is 0 Å². The van der Waals surface area contributed by atoms with Crippen LogP contribution in [0.15, 0.2) is 24.3 Å². The van der Waals surface area contributed by atoms with E-state index in [0.29, 0.717) is 28.7 Å². The number of benzene rings is 2. The van der Waals surface area contributed by atoms with Gasteiger partial charge in [0.05, 0.1) is 16.8 Å². The van der Waals surface area contributed by atoms with Crippen LogP contribution in [0, 0.1) is 28.6 Å². The summed E-state index contributed by atoms with van der Waals surface area (Å²) in [5, 5.41) is 19.3. The van der Waals surface area contributed by atoms with Gasteiger partial charge in [0.25, 0.3) is 0 Å². The second kappa shape index (κ2) is 6.61. The van der Waals surface area contributed by atoms with Crippen LogP contribution in [-0.2, 0) is 12.8 Å². The summed E-state index contributed by atoms with van der Waals surface area (Å²) in [6, 6.07) is 12.9. The summed E-state index contributed by atoms with van der Waals surface area (Å²) in [5.74, 6) is 0.994. The van der Waals surface area contributed by atoms with Crippen LogP contribution in [0.3, 0.4) is 0 Å². The summed E-state index contributed by atoms with van der Waals surface area (Å²) >= 11 is 0. The lowest BCUT2D eigenvalue weighted by Gasteiger charge is -2.27. The topological polar surface area (TPSA) is 73.6 Å². The first-order valence-electron chi connectivity index (χ1n) is 8.85. The highest BCUT2D eigenvalue weighted by atomic mass is 14.6. The van der Waals surface area contributed by atoms with Crippen LogP contribution >= 0.6 is 0 Å². The number of nitriles is 2. The van der Waals surface area contributed by atoms with Crippen LogP contribution in [0.1, 0.15) is 60.9 Å². The van der Waals surface area contributed by atoms with E-state index >= 15 is 0 Å². The van der Waals surface area contributed by atoms with Crippen molar-refractivity contribution in [3.63, 3.8) is 0 Å². The van der Waals surface area contributed by atoms with Crippen molar-refractivity contribution in [3.8, 4) is 23.3 Å². The molecule has 0 aliphatic heterocycles. The molecule has 2 N–H and O–H groups in total. The summed E-state index contributed by atoms with van der Waals surface area (Å²) < 4.78 is 0. The van der Waals surface area contributed by atoms with Gasteiger partial charge >= 0.3 is 0 Å². The van der Waals surface area contributed by atoms with Crippen LogP contribution in [0.25, 0.3) is 11.1 Å². The van der Waals surface area contributed by atoms with Crippen molar-refractivity contribution in [1.82, 2.24) is 0 Å². The second-order valence-corrected chi connectivity index (χ2v) is 7.34. The zero-order valence-corrected chi connectivity index (χ0v) is 15.1. The third kappa shape index (κ3) is 2.87. The summed E-state index contributed by atoms with van der Waals surface area (Å²) in [6.45, 7) is 6.53. The van der Waals surface area contributed by atoms with Gasteiger partial charge in [0, 0.05) is 5.56 Å². The first-order chi connectivity index (χ1) is 12.0. The molecule has 0 spiro atoms. The first-order valence-corrected chi connectivity index (χ1v) is 8.85. The maximum atomic E-state index is 9.74. The Morgan fingerprint density at radius 2 is 1.68 bits per heavy atom. The van der Waals surface area contributed by atoms with E-state index < -0.39 is 0 Å². The summed E-state index contributed by atoms with van der Waals surface area (Å²) in [6.07, 6.45) is 2.82. The standard InChI is InChI=1S/C22H23N3/c1-13(2)15-5-7-16(8-6-15)21-17-9-4-14(3)10-18(17)19(11-23)22(25)20(21)12-24/h5-8,13-14H,4,9-10,25H2,1-3H3/t14-/m0/s1. The van der Waals surface area contributed by atoms with Gasteiger partial charge in [-0.05, 0) is 53.4 Å². The average Bonchev–Trinajstić information content (AvgIpc) is 2.60. The van der Waals surface area contributed by atoms with E-state index in [1.54, 1.807) is 0 Å². The largest absolute Gasteiger partial charge is 0.397 e. The summed E-state index contributed by atoms with van der Waals surface area (Å²) in [4.78, 5) is 0. The number of anilines is 1. The lowest BCUT2D eigenvalue weighted by molar-refractivity contribution is 0.501. The third-order valence-electron chi connectivity index (χ3n) is 5.29. The zero-order valence-electron chi connectivity index (χ0n) is 15.1. The van der Waals surface area contributed by atoms with Gasteiger partial charge in [-0.25, -0.2) is 0 Å². The molecule has 0 unspecified atom stereocenters. The molecule has 0 fully saturated rings. The predicted octanol–water partition coefficient (Wildman–Crippen LogP) is 4.93. The Hall–Kier alpha value is -2.78. The molecule has 2 aromatic carbocycles. The molecule has 0 saturated carbocycles. The minimum Gasteiger partial charge on any atom is -0.397 e. The molecular formula is C22H23N3. The highest BCUT2D eigenvalue weighted by molar-refractivity contribution is 5.85. The molecule has 1 aliphatic rings. The van der Waals surface area contributed by atoms with Crippen molar-refractivity contribution in [2.24, 2.45) is 5.92 Å². The fourth-order valence-corrected chi connectivity index (χ4v) is 3.81. The molecule has 0 aromatic heterocycles. The molecule has 25 heavy (non-hydrogen) atoms. The molecule has 2 aromatic rings. The Labute approximate surface area is 149 Å². The van der Waals surface area contributed by atoms with Crippen LogP contribution < -0.4 is 5.73 Å². The molecule has 3 nitrogen and oxygen atoms in total. The fourth-order valence-electron chi connectivity index (χ4n) is 3.81. The van der Waals surface area contributed by atoms with E-state index in [2.05, 4.69) is 57.2 Å². The molecule has 0 radical (unpaired) electrons. The van der Waals surface area contributed by atoms with Gasteiger partial charge in [-0.15, -0.1) is 0 Å². The maximum absolute atomic E-state index is 9.74. The number of nitrogens with zero attached hydrogens (tertiary/aromatic N) is 2. The molecule has 3 heteroatoms. The SMILES string of the molecule is CC(C)c1ccc(-c2c(C#N)c(N)c(C#N)c3c2CC[C@H](C)C3)cc1. The quantitative estimate of drug-likeness (QED) is 0.794. The Balaban J connectivity index is 2.29. The molecule has 0 saturated heterocycles. The normalized spacial score (nSPS) is 16.2. The third-order valence-corrected chi connectivity index (χ3v) is 5.29. The van der Waals surface area contributed by atoms with Gasteiger partial charge in [0.2, 0.25) is 0 Å². The Bertz CT molecular complexity index is 893. The van der Waals surface area contributed by atoms with Crippen LogP contribution in [0.5, 0.6) is 0 Å². The zero-order chi connectivity index (χ0) is 18.1. The van der Waals surface area contributed by atoms with Crippen molar-refractivity contribution < 1.29 is 0 Å². The van der Waals surface area contributed by atoms with Gasteiger partial charge in [-0.2, -0.15) is 10.5 Å². The molecular weight excluding hydrogens is 306 g/mol. The van der Waals surface area contributed by atoms with Gasteiger partial charge in [0.15, 0.2) is 0 Å². The molecule has 0 heterocycles. The maximum Gasteiger partial charge on any atom is 0.102 e. The van der Waals surface area contributed by atoms with E-state index in [1.807, 2.05) is 0 Å². The molecule has 3 rings (SSSR count). The Morgan fingerprint density at radius 3 is 2.24 bits per heavy atom. The van der Waals surface area contributed by atoms with Crippen LogP contribution in [0.2, 0.25) is 0 Å². The van der Waals surface area contributed by atoms with Crippen LogP contribution in [0.4, 0.5) is 5.69 Å². The van der Waals surface area contributed by atoms with Crippen molar-refractivity contribution >= 4 is 5.69 Å². The molecule has 1 atom stereocenters. The Kier molecular flexibility index (Phi) is 4.51. The van der Waals surface area contributed by atoms with E-state index in [9.17, 15) is 10.5 Å². The number of nitrogen functional groups attached to an aromatic ring is 1. The number of rotatable bonds is 2. The van der Waals surface area contributed by atoms with Gasteiger partial charge in [0.1, 0.15) is 12.1 Å². The average molecular weight is 329 g/mol. The van der Waals surface area contributed by atoms with Gasteiger partial charge in [-0.1, -0.05) is 45.0 Å². The molecule has 0 amide bonds. The van der Waals surface area contributed by atoms with Crippen molar-refractivity contribution in [2.45, 2.75) is 46.0 Å². The van der Waals surface area contributed by atoms with Crippen molar-refractivity contribution in [2.75, 3.05) is 5.73 Å². The smallest absolute Gasteiger partial charge is 0.102 e. The molecule has 1 aliphatic carbocycles. The number of hydrogen-bond acceptors (Lipinski definition) is 3. The van der Waals surface area contributed by atoms with E-state index in [4.69, 9.17) is 5.73 Å². The second-order valence-electron chi connectivity index (χ2n) is 7.34. The predicted molar refractivity (Wildman–Crippen MR) is 101 cm³/mol. The monoisotopic (exact) mass is 329 g/mol. The minimum atomic E-state index is 0.334. The first kappa shape index (κ1) is 17.1. The molecule has 0 bridgehead atoms. The van der Waals surface area contributed by atoms with E-state index in [0.717, 1.165) is 41.5 Å². The number of fused-ring (bicyclic) bond motifs is 1. The van der Waals surface area contributed by atoms with Gasteiger partial charge < -0.3 is 5.73 Å². The molecule has 126 valence electrons. The van der Waals surface area contributed by atoms with Crippen LogP contribution in [-0.4, -0.2) is 0 Å². The summed E-state index contributed by atoms with van der Waals surface area (Å²) in [5.41, 5.74) is 12.9. The lowest BCUT2D eigenvalue weighted by Crippen LogP contribution is -2.17. The van der Waals surface area contributed by atoms with Gasteiger partial charge in [-0.3, -0.25) is 0 Å².